The number of aromatic nitrogens is 2. The van der Waals surface area contributed by atoms with Crippen LogP contribution in [0.5, 0.6) is 0 Å². The van der Waals surface area contributed by atoms with Crippen LogP contribution in [0.15, 0.2) is 9.21 Å². The van der Waals surface area contributed by atoms with Gasteiger partial charge in [-0.2, -0.15) is 0 Å². The third-order valence-corrected chi connectivity index (χ3v) is 2.74. The molecule has 76 valence electrons. The lowest BCUT2D eigenvalue weighted by Gasteiger charge is -2.04. The summed E-state index contributed by atoms with van der Waals surface area (Å²) in [5.74, 6) is -0.479. The smallest absolute Gasteiger partial charge is 0.359 e. The van der Waals surface area contributed by atoms with Gasteiger partial charge in [-0.3, -0.25) is 0 Å². The van der Waals surface area contributed by atoms with Crippen LogP contribution < -0.4 is 0 Å². The van der Waals surface area contributed by atoms with Crippen molar-refractivity contribution in [1.82, 2.24) is 9.97 Å². The maximum absolute atomic E-state index is 11.4. The molecule has 0 amide bonds. The van der Waals surface area contributed by atoms with Crippen LogP contribution in [0.1, 0.15) is 23.1 Å². The van der Waals surface area contributed by atoms with Gasteiger partial charge in [0.15, 0.2) is 5.69 Å². The van der Waals surface area contributed by atoms with E-state index in [1.807, 2.05) is 0 Å². The molecule has 0 saturated heterocycles. The van der Waals surface area contributed by atoms with Crippen molar-refractivity contribution in [2.24, 2.45) is 0 Å². The van der Waals surface area contributed by atoms with Gasteiger partial charge in [0.2, 0.25) is 0 Å². The van der Waals surface area contributed by atoms with E-state index in [0.29, 0.717) is 21.5 Å². The van der Waals surface area contributed by atoms with Gasteiger partial charge in [0.25, 0.3) is 0 Å². The molecule has 6 heteroatoms. The number of carbonyl (C=O) groups excluding carboxylic acids is 1. The van der Waals surface area contributed by atoms with Crippen LogP contribution in [-0.2, 0) is 4.74 Å². The summed E-state index contributed by atoms with van der Waals surface area (Å²) in [6, 6.07) is 0. The van der Waals surface area contributed by atoms with Crippen LogP contribution >= 0.6 is 31.9 Å². The normalized spacial score (nSPS) is 10.0. The summed E-state index contributed by atoms with van der Waals surface area (Å²) in [5, 5.41) is 0. The Hall–Kier alpha value is -0.490. The molecule has 1 heterocycles. The van der Waals surface area contributed by atoms with Gasteiger partial charge >= 0.3 is 5.97 Å². The molecule has 0 bridgehead atoms. The topological polar surface area (TPSA) is 52.1 Å². The van der Waals surface area contributed by atoms with Gasteiger partial charge in [-0.05, 0) is 45.7 Å². The summed E-state index contributed by atoms with van der Waals surface area (Å²) in [5.41, 5.74) is 0.897. The van der Waals surface area contributed by atoms with E-state index in [1.54, 1.807) is 13.8 Å². The number of esters is 1. The minimum absolute atomic E-state index is 0.185. The fraction of sp³-hybridized carbons (Fsp3) is 0.375. The van der Waals surface area contributed by atoms with Gasteiger partial charge in [-0.1, -0.05) is 0 Å². The summed E-state index contributed by atoms with van der Waals surface area (Å²) >= 11 is 6.35. The molecule has 14 heavy (non-hydrogen) atoms. The Kier molecular flexibility index (Phi) is 4.00. The van der Waals surface area contributed by atoms with E-state index >= 15 is 0 Å². The molecule has 4 nitrogen and oxygen atoms in total. The van der Waals surface area contributed by atoms with Gasteiger partial charge in [0, 0.05) is 0 Å². The molecule has 1 aromatic heterocycles. The number of hydrogen-bond acceptors (Lipinski definition) is 4. The fourth-order valence-corrected chi connectivity index (χ4v) is 1.58. The highest BCUT2D eigenvalue weighted by Crippen LogP contribution is 2.18. The lowest BCUT2D eigenvalue weighted by Crippen LogP contribution is -2.10. The number of nitrogens with zero attached hydrogens (tertiary/aromatic N) is 2. The van der Waals surface area contributed by atoms with E-state index in [2.05, 4.69) is 41.8 Å². The average molecular weight is 324 g/mol. The van der Waals surface area contributed by atoms with Crippen molar-refractivity contribution < 1.29 is 9.53 Å². The number of hydrogen-bond donors (Lipinski definition) is 0. The SMILES string of the molecule is CCOC(=O)c1nc(Br)c(C)nc1Br. The quantitative estimate of drug-likeness (QED) is 0.785. The second-order valence-electron chi connectivity index (χ2n) is 2.46. The predicted molar refractivity (Wildman–Crippen MR) is 58.1 cm³/mol. The molecule has 0 unspecified atom stereocenters. The molecule has 0 aliphatic heterocycles. The Morgan fingerprint density at radius 2 is 2.00 bits per heavy atom. The predicted octanol–water partition coefficient (Wildman–Crippen LogP) is 2.49. The third kappa shape index (κ3) is 2.51. The summed E-state index contributed by atoms with van der Waals surface area (Å²) in [7, 11) is 0. The fourth-order valence-electron chi connectivity index (χ4n) is 0.801. The molecular weight excluding hydrogens is 316 g/mol. The van der Waals surface area contributed by atoms with Gasteiger partial charge in [0.1, 0.15) is 9.21 Å². The number of ether oxygens (including phenoxy) is 1. The summed E-state index contributed by atoms with van der Waals surface area (Å²) < 4.78 is 5.76. The second kappa shape index (κ2) is 4.84. The maximum atomic E-state index is 11.4. The van der Waals surface area contributed by atoms with Crippen molar-refractivity contribution in [1.29, 1.82) is 0 Å². The Balaban J connectivity index is 3.09. The molecular formula is C8H8Br2N2O2. The molecule has 0 atom stereocenters. The minimum Gasteiger partial charge on any atom is -0.461 e. The first-order chi connectivity index (χ1) is 6.56. The highest BCUT2D eigenvalue weighted by molar-refractivity contribution is 9.11. The Morgan fingerprint density at radius 1 is 1.36 bits per heavy atom. The molecule has 0 N–H and O–H groups in total. The first-order valence-corrected chi connectivity index (χ1v) is 5.51. The van der Waals surface area contributed by atoms with Crippen molar-refractivity contribution in [3.05, 3.63) is 20.6 Å². The first kappa shape index (κ1) is 11.6. The first-order valence-electron chi connectivity index (χ1n) is 3.93. The maximum Gasteiger partial charge on any atom is 0.359 e. The van der Waals surface area contributed by atoms with Gasteiger partial charge in [-0.15, -0.1) is 0 Å². The van der Waals surface area contributed by atoms with E-state index in [-0.39, 0.29) is 5.69 Å². The number of halogens is 2. The summed E-state index contributed by atoms with van der Waals surface area (Å²) in [6.07, 6.45) is 0. The van der Waals surface area contributed by atoms with Crippen molar-refractivity contribution in [3.8, 4) is 0 Å². The van der Waals surface area contributed by atoms with E-state index in [1.165, 1.54) is 0 Å². The summed E-state index contributed by atoms with van der Waals surface area (Å²) in [4.78, 5) is 19.5. The second-order valence-corrected chi connectivity index (χ2v) is 3.96. The highest BCUT2D eigenvalue weighted by Gasteiger charge is 2.16. The van der Waals surface area contributed by atoms with Gasteiger partial charge in [-0.25, -0.2) is 14.8 Å². The molecule has 0 aromatic carbocycles. The van der Waals surface area contributed by atoms with Crippen molar-refractivity contribution in [3.63, 3.8) is 0 Å². The van der Waals surface area contributed by atoms with E-state index in [0.717, 1.165) is 0 Å². The lowest BCUT2D eigenvalue weighted by molar-refractivity contribution is 0.0517. The molecule has 0 spiro atoms. The molecule has 0 aliphatic carbocycles. The monoisotopic (exact) mass is 322 g/mol. The van der Waals surface area contributed by atoms with Crippen LogP contribution in [0.3, 0.4) is 0 Å². The lowest BCUT2D eigenvalue weighted by atomic mass is 10.4. The van der Waals surface area contributed by atoms with Crippen molar-refractivity contribution in [2.75, 3.05) is 6.61 Å². The zero-order valence-electron chi connectivity index (χ0n) is 7.67. The van der Waals surface area contributed by atoms with Gasteiger partial charge < -0.3 is 4.74 Å². The molecule has 0 saturated carbocycles. The largest absolute Gasteiger partial charge is 0.461 e. The zero-order chi connectivity index (χ0) is 10.7. The van der Waals surface area contributed by atoms with Crippen LogP contribution in [0.4, 0.5) is 0 Å². The van der Waals surface area contributed by atoms with E-state index < -0.39 is 5.97 Å². The molecule has 0 radical (unpaired) electrons. The summed E-state index contributed by atoms with van der Waals surface area (Å²) in [6.45, 7) is 3.84. The zero-order valence-corrected chi connectivity index (χ0v) is 10.8. The number of aryl methyl sites for hydroxylation is 1. The van der Waals surface area contributed by atoms with Crippen molar-refractivity contribution >= 4 is 37.8 Å². The van der Waals surface area contributed by atoms with Crippen LogP contribution in [0.25, 0.3) is 0 Å². The molecule has 0 aliphatic rings. The molecule has 1 rings (SSSR count). The van der Waals surface area contributed by atoms with Crippen LogP contribution in [-0.4, -0.2) is 22.5 Å². The minimum atomic E-state index is -0.479. The van der Waals surface area contributed by atoms with Crippen LogP contribution in [0.2, 0.25) is 0 Å². The van der Waals surface area contributed by atoms with E-state index in [9.17, 15) is 4.79 Å². The highest BCUT2D eigenvalue weighted by atomic mass is 79.9. The Bertz CT molecular complexity index is 369. The van der Waals surface area contributed by atoms with Crippen LogP contribution in [0, 0.1) is 6.92 Å². The number of carbonyl (C=O) groups is 1. The molecule has 0 fully saturated rings. The Morgan fingerprint density at radius 3 is 2.57 bits per heavy atom. The molecule has 1 aromatic rings. The standard InChI is InChI=1S/C8H8Br2N2O2/c1-3-14-8(13)5-7(10)11-4(2)6(9)12-5/h3H2,1-2H3. The van der Waals surface area contributed by atoms with E-state index in [4.69, 9.17) is 4.74 Å². The third-order valence-electron chi connectivity index (χ3n) is 1.44. The van der Waals surface area contributed by atoms with Crippen molar-refractivity contribution in [2.45, 2.75) is 13.8 Å². The number of rotatable bonds is 2. The van der Waals surface area contributed by atoms with Gasteiger partial charge in [0.05, 0.1) is 12.3 Å². The Labute approximate surface area is 98.3 Å². The average Bonchev–Trinajstić information content (AvgIpc) is 2.11.